The van der Waals surface area contributed by atoms with E-state index < -0.39 is 13.6 Å². The maximum absolute atomic E-state index is 12.8. The van der Waals surface area contributed by atoms with Crippen LogP contribution < -0.4 is 5.30 Å². The summed E-state index contributed by atoms with van der Waals surface area (Å²) >= 11 is 0. The molecule has 0 atom stereocenters. The van der Waals surface area contributed by atoms with Gasteiger partial charge in [-0.15, -0.1) is 9.35 Å². The highest BCUT2D eigenvalue weighted by molar-refractivity contribution is 7.62. The van der Waals surface area contributed by atoms with Gasteiger partial charge in [0.1, 0.15) is 0 Å². The number of benzene rings is 1. The van der Waals surface area contributed by atoms with Crippen LogP contribution in [0.25, 0.3) is 0 Å². The normalized spacial score (nSPS) is 11.4. The van der Waals surface area contributed by atoms with E-state index in [0.29, 0.717) is 0 Å². The molecular formula is C13H19O7P. The average Bonchev–Trinajstić information content (AvgIpc) is 2.51. The highest BCUT2D eigenvalue weighted by atomic mass is 31.2. The van der Waals surface area contributed by atoms with Crippen molar-refractivity contribution in [1.29, 1.82) is 0 Å². The molecule has 1 aromatic carbocycles. The average molecular weight is 318 g/mol. The number of rotatable bonds is 9. The van der Waals surface area contributed by atoms with Crippen molar-refractivity contribution in [2.75, 3.05) is 19.8 Å². The molecule has 1 rings (SSSR count). The second kappa shape index (κ2) is 8.92. The van der Waals surface area contributed by atoms with E-state index >= 15 is 0 Å². The second-order valence-corrected chi connectivity index (χ2v) is 5.47. The lowest BCUT2D eigenvalue weighted by Gasteiger charge is -2.17. The maximum Gasteiger partial charge on any atom is 0.415 e. The molecule has 0 saturated carbocycles. The van der Waals surface area contributed by atoms with Gasteiger partial charge in [0, 0.05) is 0 Å². The van der Waals surface area contributed by atoms with Crippen LogP contribution in [0.2, 0.25) is 0 Å². The van der Waals surface area contributed by atoms with Gasteiger partial charge in [-0.25, -0.2) is 19.1 Å². The van der Waals surface area contributed by atoms with Crippen molar-refractivity contribution in [3.8, 4) is 0 Å². The third kappa shape index (κ3) is 4.91. The number of hydrogen-bond acceptors (Lipinski definition) is 7. The van der Waals surface area contributed by atoms with E-state index in [9.17, 15) is 9.36 Å². The Morgan fingerprint density at radius 3 is 2.10 bits per heavy atom. The van der Waals surface area contributed by atoms with Gasteiger partial charge in [0.25, 0.3) is 0 Å². The molecule has 0 aliphatic rings. The number of carbonyl (C=O) groups is 1. The zero-order valence-corrected chi connectivity index (χ0v) is 13.1. The summed E-state index contributed by atoms with van der Waals surface area (Å²) in [5.74, 6) is -0.631. The van der Waals surface area contributed by atoms with Gasteiger partial charge in [-0.2, -0.15) is 0 Å². The van der Waals surface area contributed by atoms with Crippen molar-refractivity contribution in [2.24, 2.45) is 0 Å². The van der Waals surface area contributed by atoms with Crippen LogP contribution in [0.5, 0.6) is 0 Å². The van der Waals surface area contributed by atoms with Crippen LogP contribution in [-0.4, -0.2) is 25.8 Å². The van der Waals surface area contributed by atoms with Gasteiger partial charge >= 0.3 is 13.6 Å². The molecule has 0 unspecified atom stereocenters. The van der Waals surface area contributed by atoms with Crippen LogP contribution in [0.4, 0.5) is 0 Å². The summed E-state index contributed by atoms with van der Waals surface area (Å²) in [6.45, 7) is 5.48. The molecule has 0 bridgehead atoms. The lowest BCUT2D eigenvalue weighted by molar-refractivity contribution is -0.260. The lowest BCUT2D eigenvalue weighted by Crippen LogP contribution is -2.21. The van der Waals surface area contributed by atoms with Crippen molar-refractivity contribution >= 4 is 18.9 Å². The standard InChI is InChI=1S/C13H19O7P/c1-4-16-13(14)11-9-7-8-10-12(11)21(15,19-17-5-2)20-18-6-3/h7-10H,4-6H2,1-3H3. The molecule has 0 N–H and O–H groups in total. The van der Waals surface area contributed by atoms with E-state index in [1.165, 1.54) is 12.1 Å². The molecule has 0 radical (unpaired) electrons. The summed E-state index contributed by atoms with van der Waals surface area (Å²) in [5.41, 5.74) is 0.0714. The molecule has 118 valence electrons. The van der Waals surface area contributed by atoms with Gasteiger partial charge in [0.15, 0.2) is 0 Å². The van der Waals surface area contributed by atoms with Crippen LogP contribution in [-0.2, 0) is 28.4 Å². The Balaban J connectivity index is 3.17. The van der Waals surface area contributed by atoms with Crippen molar-refractivity contribution in [1.82, 2.24) is 0 Å². The van der Waals surface area contributed by atoms with Gasteiger partial charge in [-0.1, -0.05) is 12.1 Å². The highest BCUT2D eigenvalue weighted by Gasteiger charge is 2.35. The minimum atomic E-state index is -3.97. The smallest absolute Gasteiger partial charge is 0.415 e. The van der Waals surface area contributed by atoms with Gasteiger partial charge < -0.3 is 4.74 Å². The van der Waals surface area contributed by atoms with E-state index in [4.69, 9.17) is 23.9 Å². The Hall–Kier alpha value is -1.24. The predicted molar refractivity (Wildman–Crippen MR) is 75.1 cm³/mol. The molecule has 1 aromatic rings. The zero-order chi connectivity index (χ0) is 15.7. The minimum Gasteiger partial charge on any atom is -0.462 e. The molecule has 0 saturated heterocycles. The Morgan fingerprint density at radius 2 is 1.57 bits per heavy atom. The lowest BCUT2D eigenvalue weighted by atomic mass is 10.2. The van der Waals surface area contributed by atoms with Crippen LogP contribution in [0, 0.1) is 0 Å². The fraction of sp³-hybridized carbons (Fsp3) is 0.462. The highest BCUT2D eigenvalue weighted by Crippen LogP contribution is 2.48. The van der Waals surface area contributed by atoms with Crippen LogP contribution in [0.15, 0.2) is 24.3 Å². The number of carbonyl (C=O) groups excluding carboxylic acids is 1. The Labute approximate surface area is 123 Å². The summed E-state index contributed by atoms with van der Waals surface area (Å²) in [4.78, 5) is 21.4. The van der Waals surface area contributed by atoms with E-state index in [0.717, 1.165) is 0 Å². The van der Waals surface area contributed by atoms with Gasteiger partial charge in [0.2, 0.25) is 0 Å². The van der Waals surface area contributed by atoms with Crippen molar-refractivity contribution in [2.45, 2.75) is 20.8 Å². The molecule has 21 heavy (non-hydrogen) atoms. The molecule has 0 heterocycles. The summed E-state index contributed by atoms with van der Waals surface area (Å²) in [5, 5.41) is 0.0188. The molecule has 7 nitrogen and oxygen atoms in total. The van der Waals surface area contributed by atoms with Crippen molar-refractivity contribution in [3.63, 3.8) is 0 Å². The van der Waals surface area contributed by atoms with Gasteiger partial charge in [-0.05, 0) is 32.9 Å². The van der Waals surface area contributed by atoms with Crippen LogP contribution in [0.1, 0.15) is 31.1 Å². The Kier molecular flexibility index (Phi) is 7.56. The van der Waals surface area contributed by atoms with Crippen molar-refractivity contribution in [3.05, 3.63) is 29.8 Å². The first-order valence-electron chi connectivity index (χ1n) is 6.58. The second-order valence-electron chi connectivity index (χ2n) is 3.70. The summed E-state index contributed by atoms with van der Waals surface area (Å²) < 4.78 is 27.4. The van der Waals surface area contributed by atoms with Gasteiger partial charge in [0.05, 0.1) is 30.7 Å². The maximum atomic E-state index is 12.8. The number of esters is 1. The minimum absolute atomic E-state index is 0.0188. The molecule has 8 heteroatoms. The molecule has 0 aliphatic heterocycles. The first kappa shape index (κ1) is 17.8. The van der Waals surface area contributed by atoms with Crippen LogP contribution >= 0.6 is 7.60 Å². The van der Waals surface area contributed by atoms with E-state index in [1.54, 1.807) is 32.9 Å². The fourth-order valence-corrected chi connectivity index (χ4v) is 2.83. The zero-order valence-electron chi connectivity index (χ0n) is 12.2. The summed E-state index contributed by atoms with van der Waals surface area (Å²) in [6, 6.07) is 6.10. The Bertz CT molecular complexity index is 491. The van der Waals surface area contributed by atoms with E-state index in [1.807, 2.05) is 0 Å². The third-order valence-electron chi connectivity index (χ3n) is 2.23. The third-order valence-corrected chi connectivity index (χ3v) is 3.82. The Morgan fingerprint density at radius 1 is 1.00 bits per heavy atom. The fourth-order valence-electron chi connectivity index (χ4n) is 1.43. The molecule has 0 aliphatic carbocycles. The van der Waals surface area contributed by atoms with E-state index in [2.05, 4.69) is 0 Å². The molecule has 0 aromatic heterocycles. The number of hydrogen-bond donors (Lipinski definition) is 0. The molecular weight excluding hydrogens is 299 g/mol. The topological polar surface area (TPSA) is 80.3 Å². The number of ether oxygens (including phenoxy) is 1. The SMILES string of the molecule is CCOOP(=O)(OOCC)c1ccccc1C(=O)OCC. The quantitative estimate of drug-likeness (QED) is 0.299. The summed E-state index contributed by atoms with van der Waals surface area (Å²) in [6.07, 6.45) is 0. The largest absolute Gasteiger partial charge is 0.462 e. The monoisotopic (exact) mass is 318 g/mol. The summed E-state index contributed by atoms with van der Waals surface area (Å²) in [7, 11) is -3.97. The van der Waals surface area contributed by atoms with Gasteiger partial charge in [-0.3, -0.25) is 0 Å². The first-order chi connectivity index (χ1) is 10.1. The molecule has 0 fully saturated rings. The van der Waals surface area contributed by atoms with E-state index in [-0.39, 0.29) is 30.7 Å². The predicted octanol–water partition coefficient (Wildman–Crippen LogP) is 2.62. The van der Waals surface area contributed by atoms with Crippen LogP contribution in [0.3, 0.4) is 0 Å². The molecule has 0 spiro atoms. The first-order valence-corrected chi connectivity index (χ1v) is 8.12. The van der Waals surface area contributed by atoms with Crippen molar-refractivity contribution < 1.29 is 33.2 Å². The molecule has 0 amide bonds.